The fourth-order valence-electron chi connectivity index (χ4n) is 2.31. The van der Waals surface area contributed by atoms with Crippen molar-refractivity contribution in [1.29, 1.82) is 0 Å². The van der Waals surface area contributed by atoms with Gasteiger partial charge in [0.05, 0.1) is 20.3 Å². The highest BCUT2D eigenvalue weighted by atomic mass is 16.5. The molecule has 0 bridgehead atoms. The third-order valence-corrected chi connectivity index (χ3v) is 3.40. The topological polar surface area (TPSA) is 44.8 Å². The molecule has 0 aromatic heterocycles. The molecule has 0 unspecified atom stereocenters. The van der Waals surface area contributed by atoms with Crippen LogP contribution in [0.25, 0.3) is 6.08 Å². The van der Waals surface area contributed by atoms with E-state index in [0.29, 0.717) is 5.75 Å². The van der Waals surface area contributed by atoms with Gasteiger partial charge in [-0.2, -0.15) is 0 Å². The third-order valence-electron chi connectivity index (χ3n) is 3.40. The molecule has 1 fully saturated rings. The summed E-state index contributed by atoms with van der Waals surface area (Å²) in [5.74, 6) is 1.07. The lowest BCUT2D eigenvalue weighted by Gasteiger charge is -2.16. The maximum absolute atomic E-state index is 11.1. The number of rotatable bonds is 5. The molecule has 1 aromatic carbocycles. The van der Waals surface area contributed by atoms with Crippen LogP contribution in [0, 0.1) is 0 Å². The second-order valence-corrected chi connectivity index (χ2v) is 4.79. The molecule has 108 valence electrons. The monoisotopic (exact) mass is 276 g/mol. The lowest BCUT2D eigenvalue weighted by Crippen LogP contribution is -2.11. The van der Waals surface area contributed by atoms with Gasteiger partial charge in [-0.1, -0.05) is 6.07 Å². The van der Waals surface area contributed by atoms with Crippen molar-refractivity contribution >= 4 is 12.0 Å². The Morgan fingerprint density at radius 2 is 1.95 bits per heavy atom. The molecule has 2 rings (SSSR count). The lowest BCUT2D eigenvalue weighted by atomic mass is 10.2. The Kier molecular flexibility index (Phi) is 5.04. The number of ether oxygens (including phenoxy) is 3. The van der Waals surface area contributed by atoms with Crippen molar-refractivity contribution in [2.75, 3.05) is 14.2 Å². The molecule has 1 aromatic rings. The van der Waals surface area contributed by atoms with Crippen LogP contribution in [0.4, 0.5) is 0 Å². The minimum atomic E-state index is -0.376. The largest absolute Gasteiger partial charge is 0.493 e. The van der Waals surface area contributed by atoms with Crippen LogP contribution in [0.1, 0.15) is 31.2 Å². The van der Waals surface area contributed by atoms with Crippen LogP contribution >= 0.6 is 0 Å². The van der Waals surface area contributed by atoms with E-state index in [1.807, 2.05) is 18.2 Å². The maximum atomic E-state index is 11.1. The molecular weight excluding hydrogens is 256 g/mol. The number of benzene rings is 1. The smallest absolute Gasteiger partial charge is 0.330 e. The van der Waals surface area contributed by atoms with E-state index in [1.54, 1.807) is 13.2 Å². The second kappa shape index (κ2) is 6.98. The van der Waals surface area contributed by atoms with Gasteiger partial charge in [-0.15, -0.1) is 0 Å². The zero-order valence-corrected chi connectivity index (χ0v) is 11.9. The highest BCUT2D eigenvalue weighted by Crippen LogP contribution is 2.32. The Balaban J connectivity index is 2.14. The summed E-state index contributed by atoms with van der Waals surface area (Å²) < 4.78 is 15.9. The summed E-state index contributed by atoms with van der Waals surface area (Å²) in [5.41, 5.74) is 0.879. The van der Waals surface area contributed by atoms with Gasteiger partial charge >= 0.3 is 5.97 Å². The summed E-state index contributed by atoms with van der Waals surface area (Å²) in [6.07, 6.45) is 7.97. The average molecular weight is 276 g/mol. The molecule has 0 amide bonds. The molecule has 0 atom stereocenters. The summed E-state index contributed by atoms with van der Waals surface area (Å²) in [7, 11) is 2.98. The number of esters is 1. The Bertz CT molecular complexity index is 487. The second-order valence-electron chi connectivity index (χ2n) is 4.79. The molecule has 0 saturated heterocycles. The Morgan fingerprint density at radius 1 is 1.20 bits per heavy atom. The van der Waals surface area contributed by atoms with Gasteiger partial charge in [-0.25, -0.2) is 4.79 Å². The Morgan fingerprint density at radius 3 is 2.60 bits per heavy atom. The van der Waals surface area contributed by atoms with Crippen LogP contribution < -0.4 is 9.47 Å². The van der Waals surface area contributed by atoms with Crippen molar-refractivity contribution in [2.24, 2.45) is 0 Å². The van der Waals surface area contributed by atoms with Crippen molar-refractivity contribution in [2.45, 2.75) is 31.8 Å². The van der Waals surface area contributed by atoms with Crippen LogP contribution in [0.2, 0.25) is 0 Å². The Hall–Kier alpha value is -1.97. The van der Waals surface area contributed by atoms with E-state index >= 15 is 0 Å². The van der Waals surface area contributed by atoms with E-state index < -0.39 is 0 Å². The minimum Gasteiger partial charge on any atom is -0.493 e. The van der Waals surface area contributed by atoms with Crippen LogP contribution in [0.15, 0.2) is 24.3 Å². The van der Waals surface area contributed by atoms with Gasteiger partial charge in [-0.3, -0.25) is 0 Å². The normalized spacial score (nSPS) is 15.5. The first-order valence-corrected chi connectivity index (χ1v) is 6.83. The highest BCUT2D eigenvalue weighted by Gasteiger charge is 2.18. The van der Waals surface area contributed by atoms with Gasteiger partial charge in [0, 0.05) is 6.08 Å². The number of hydrogen-bond donors (Lipinski definition) is 0. The third kappa shape index (κ3) is 3.76. The van der Waals surface area contributed by atoms with Crippen molar-refractivity contribution in [1.82, 2.24) is 0 Å². The molecule has 20 heavy (non-hydrogen) atoms. The fourth-order valence-corrected chi connectivity index (χ4v) is 2.31. The summed E-state index contributed by atoms with van der Waals surface area (Å²) in [4.78, 5) is 11.1. The van der Waals surface area contributed by atoms with E-state index in [4.69, 9.17) is 9.47 Å². The summed E-state index contributed by atoms with van der Waals surface area (Å²) in [6, 6.07) is 5.61. The summed E-state index contributed by atoms with van der Waals surface area (Å²) in [5, 5.41) is 0. The number of hydrogen-bond acceptors (Lipinski definition) is 4. The molecule has 0 radical (unpaired) electrons. The molecule has 0 N–H and O–H groups in total. The van der Waals surface area contributed by atoms with Crippen molar-refractivity contribution in [3.8, 4) is 11.5 Å². The van der Waals surface area contributed by atoms with Gasteiger partial charge in [0.1, 0.15) is 0 Å². The average Bonchev–Trinajstić information content (AvgIpc) is 2.98. The number of carbonyl (C=O) groups excluding carboxylic acids is 1. The Labute approximate surface area is 119 Å². The van der Waals surface area contributed by atoms with E-state index in [2.05, 4.69) is 4.74 Å². The number of carbonyl (C=O) groups is 1. The molecule has 1 aliphatic rings. The van der Waals surface area contributed by atoms with E-state index in [0.717, 1.165) is 24.2 Å². The van der Waals surface area contributed by atoms with Crippen LogP contribution in [0.5, 0.6) is 11.5 Å². The maximum Gasteiger partial charge on any atom is 0.330 e. The first-order chi connectivity index (χ1) is 9.72. The first kappa shape index (κ1) is 14.4. The van der Waals surface area contributed by atoms with Gasteiger partial charge in [-0.05, 0) is 49.5 Å². The molecule has 1 saturated carbocycles. The summed E-state index contributed by atoms with van der Waals surface area (Å²) >= 11 is 0. The van der Waals surface area contributed by atoms with Crippen LogP contribution in [-0.4, -0.2) is 26.3 Å². The molecule has 4 nitrogen and oxygen atoms in total. The highest BCUT2D eigenvalue weighted by molar-refractivity contribution is 5.87. The molecule has 0 aliphatic heterocycles. The predicted molar refractivity (Wildman–Crippen MR) is 76.9 cm³/mol. The van der Waals surface area contributed by atoms with Gasteiger partial charge in [0.15, 0.2) is 11.5 Å². The van der Waals surface area contributed by atoms with Gasteiger partial charge in [0.25, 0.3) is 0 Å². The van der Waals surface area contributed by atoms with Gasteiger partial charge < -0.3 is 14.2 Å². The van der Waals surface area contributed by atoms with Gasteiger partial charge in [0.2, 0.25) is 0 Å². The van der Waals surface area contributed by atoms with Crippen molar-refractivity contribution in [3.63, 3.8) is 0 Å². The standard InChI is InChI=1S/C16H20O4/c1-18-14-9-7-12(8-10-16(17)19-2)11-15(14)20-13-5-3-4-6-13/h7-11,13H,3-6H2,1-2H3/b10-8-. The SMILES string of the molecule is COC(=O)/C=C\c1ccc(OC)c(OC2CCCC2)c1. The lowest BCUT2D eigenvalue weighted by molar-refractivity contribution is -0.134. The zero-order chi connectivity index (χ0) is 14.4. The minimum absolute atomic E-state index is 0.267. The predicted octanol–water partition coefficient (Wildman–Crippen LogP) is 3.20. The van der Waals surface area contributed by atoms with Crippen LogP contribution in [0.3, 0.4) is 0 Å². The zero-order valence-electron chi connectivity index (χ0n) is 11.9. The molecule has 1 aliphatic carbocycles. The van der Waals surface area contributed by atoms with E-state index in [-0.39, 0.29) is 12.1 Å². The van der Waals surface area contributed by atoms with Crippen LogP contribution in [-0.2, 0) is 9.53 Å². The first-order valence-electron chi connectivity index (χ1n) is 6.83. The summed E-state index contributed by atoms with van der Waals surface area (Å²) in [6.45, 7) is 0. The molecular formula is C16H20O4. The quantitative estimate of drug-likeness (QED) is 0.612. The molecule has 4 heteroatoms. The fraction of sp³-hybridized carbons (Fsp3) is 0.438. The van der Waals surface area contributed by atoms with Crippen molar-refractivity contribution < 1.29 is 19.0 Å². The molecule has 0 heterocycles. The molecule has 0 spiro atoms. The van der Waals surface area contributed by atoms with E-state index in [9.17, 15) is 4.79 Å². The number of methoxy groups -OCH3 is 2. The van der Waals surface area contributed by atoms with Crippen molar-refractivity contribution in [3.05, 3.63) is 29.8 Å². The van der Waals surface area contributed by atoms with E-state index in [1.165, 1.54) is 26.0 Å².